The van der Waals surface area contributed by atoms with Crippen molar-refractivity contribution in [3.05, 3.63) is 35.9 Å². The Morgan fingerprint density at radius 3 is 2.13 bits per heavy atom. The highest BCUT2D eigenvalue weighted by atomic mass is 16.5. The molecule has 1 aromatic rings. The number of aliphatic carboxylic acids is 1. The zero-order valence-corrected chi connectivity index (χ0v) is 13.7. The summed E-state index contributed by atoms with van der Waals surface area (Å²) in [4.78, 5) is 25.7. The van der Waals surface area contributed by atoms with E-state index in [1.165, 1.54) is 0 Å². The summed E-state index contributed by atoms with van der Waals surface area (Å²) in [6.45, 7) is 2.65. The van der Waals surface area contributed by atoms with Gasteiger partial charge in [-0.3, -0.25) is 14.5 Å². The molecule has 23 heavy (non-hydrogen) atoms. The summed E-state index contributed by atoms with van der Waals surface area (Å²) < 4.78 is 10.2. The van der Waals surface area contributed by atoms with Gasteiger partial charge in [0.25, 0.3) is 0 Å². The van der Waals surface area contributed by atoms with Crippen molar-refractivity contribution in [2.75, 3.05) is 47.1 Å². The van der Waals surface area contributed by atoms with E-state index in [2.05, 4.69) is 0 Å². The van der Waals surface area contributed by atoms with Crippen LogP contribution >= 0.6 is 0 Å². The number of rotatable bonds is 12. The first kappa shape index (κ1) is 19.3. The highest BCUT2D eigenvalue weighted by Gasteiger charge is 2.25. The van der Waals surface area contributed by atoms with E-state index in [4.69, 9.17) is 14.6 Å². The van der Waals surface area contributed by atoms with E-state index in [-0.39, 0.29) is 12.2 Å². The quantitative estimate of drug-likeness (QED) is 0.588. The second kappa shape index (κ2) is 10.9. The Bertz CT molecular complexity index is 469. The normalized spacial score (nSPS) is 12.3. The van der Waals surface area contributed by atoms with Crippen molar-refractivity contribution < 1.29 is 24.2 Å². The van der Waals surface area contributed by atoms with Crippen LogP contribution in [0.15, 0.2) is 30.3 Å². The number of carbonyl (C=O) groups excluding carboxylic acids is 1. The van der Waals surface area contributed by atoms with Gasteiger partial charge in [-0.2, -0.15) is 0 Å². The van der Waals surface area contributed by atoms with Crippen molar-refractivity contribution in [2.45, 2.75) is 6.42 Å². The fraction of sp³-hybridized carbons (Fsp3) is 0.529. The molecule has 0 bridgehead atoms. The first-order valence-corrected chi connectivity index (χ1v) is 7.59. The number of hydrogen-bond donors (Lipinski definition) is 1. The molecule has 0 aromatic heterocycles. The van der Waals surface area contributed by atoms with Gasteiger partial charge in [0.15, 0.2) is 5.78 Å². The lowest BCUT2D eigenvalue weighted by molar-refractivity contribution is -0.137. The lowest BCUT2D eigenvalue weighted by Crippen LogP contribution is -2.38. The number of carbonyl (C=O) groups is 2. The van der Waals surface area contributed by atoms with Gasteiger partial charge < -0.3 is 14.6 Å². The molecule has 0 fully saturated rings. The second-order valence-corrected chi connectivity index (χ2v) is 5.31. The summed E-state index contributed by atoms with van der Waals surface area (Å²) in [5, 5.41) is 9.12. The van der Waals surface area contributed by atoms with Crippen LogP contribution in [-0.2, 0) is 14.3 Å². The molecule has 0 amide bonds. The van der Waals surface area contributed by atoms with Crippen LogP contribution in [0.2, 0.25) is 0 Å². The first-order chi connectivity index (χ1) is 11.1. The zero-order chi connectivity index (χ0) is 17.1. The zero-order valence-electron chi connectivity index (χ0n) is 13.7. The Morgan fingerprint density at radius 1 is 1.09 bits per heavy atom. The third-order valence-electron chi connectivity index (χ3n) is 3.55. The molecular formula is C17H25NO5. The molecule has 0 aliphatic carbocycles. The number of hydrogen-bond acceptors (Lipinski definition) is 5. The fourth-order valence-corrected chi connectivity index (χ4v) is 2.34. The summed E-state index contributed by atoms with van der Waals surface area (Å²) >= 11 is 0. The summed E-state index contributed by atoms with van der Waals surface area (Å²) in [5.41, 5.74) is 0.539. The Balaban J connectivity index is 2.81. The van der Waals surface area contributed by atoms with E-state index in [1.807, 2.05) is 11.0 Å². The first-order valence-electron chi connectivity index (χ1n) is 7.59. The van der Waals surface area contributed by atoms with Crippen molar-refractivity contribution >= 4 is 11.8 Å². The summed E-state index contributed by atoms with van der Waals surface area (Å²) in [6, 6.07) is 8.81. The molecule has 1 N–H and O–H groups in total. The molecule has 128 valence electrons. The van der Waals surface area contributed by atoms with Crippen molar-refractivity contribution in [1.29, 1.82) is 0 Å². The van der Waals surface area contributed by atoms with Gasteiger partial charge in [0, 0.05) is 45.3 Å². The van der Waals surface area contributed by atoms with Crippen molar-refractivity contribution in [1.82, 2.24) is 4.90 Å². The third-order valence-corrected chi connectivity index (χ3v) is 3.55. The van der Waals surface area contributed by atoms with Crippen LogP contribution in [0.5, 0.6) is 0 Å². The summed E-state index contributed by atoms with van der Waals surface area (Å²) in [7, 11) is 3.22. The Labute approximate surface area is 137 Å². The Kier molecular flexibility index (Phi) is 9.12. The minimum atomic E-state index is -0.974. The molecule has 1 rings (SSSR count). The number of methoxy groups -OCH3 is 2. The molecule has 0 spiro atoms. The Morgan fingerprint density at radius 2 is 1.65 bits per heavy atom. The minimum Gasteiger partial charge on any atom is -0.481 e. The van der Waals surface area contributed by atoms with Gasteiger partial charge in [0.2, 0.25) is 0 Å². The van der Waals surface area contributed by atoms with Crippen molar-refractivity contribution in [3.63, 3.8) is 0 Å². The van der Waals surface area contributed by atoms with Crippen LogP contribution in [0.25, 0.3) is 0 Å². The lowest BCUT2D eigenvalue weighted by atomic mass is 9.94. The topological polar surface area (TPSA) is 76.1 Å². The highest BCUT2D eigenvalue weighted by Crippen LogP contribution is 2.15. The van der Waals surface area contributed by atoms with E-state index >= 15 is 0 Å². The van der Waals surface area contributed by atoms with Crippen LogP contribution in [0, 0.1) is 5.92 Å². The average Bonchev–Trinajstić information content (AvgIpc) is 2.56. The average molecular weight is 323 g/mol. The summed E-state index contributed by atoms with van der Waals surface area (Å²) in [6.07, 6.45) is -0.190. The maximum Gasteiger partial charge on any atom is 0.304 e. The largest absolute Gasteiger partial charge is 0.481 e. The molecule has 0 heterocycles. The Hall–Kier alpha value is -1.76. The third kappa shape index (κ3) is 7.36. The molecule has 1 aromatic carbocycles. The smallest absolute Gasteiger partial charge is 0.304 e. The van der Waals surface area contributed by atoms with Crippen LogP contribution in [0.4, 0.5) is 0 Å². The number of ether oxygens (including phenoxy) is 2. The van der Waals surface area contributed by atoms with Crippen LogP contribution in [-0.4, -0.2) is 68.8 Å². The monoisotopic (exact) mass is 323 g/mol. The maximum absolute atomic E-state index is 12.6. The number of benzene rings is 1. The molecule has 0 aliphatic heterocycles. The lowest BCUT2D eigenvalue weighted by Gasteiger charge is -2.25. The SMILES string of the molecule is COCCN(CCOC)CC(CC(=O)O)C(=O)c1ccccc1. The molecule has 1 atom stereocenters. The molecule has 6 nitrogen and oxygen atoms in total. The number of nitrogens with zero attached hydrogens (tertiary/aromatic N) is 1. The maximum atomic E-state index is 12.6. The molecule has 0 saturated carbocycles. The number of carboxylic acid groups (broad SMARTS) is 1. The molecule has 0 radical (unpaired) electrons. The molecule has 1 unspecified atom stereocenters. The van der Waals surface area contributed by atoms with Crippen LogP contribution < -0.4 is 0 Å². The molecular weight excluding hydrogens is 298 g/mol. The number of ketones is 1. The van der Waals surface area contributed by atoms with Gasteiger partial charge in [0.1, 0.15) is 0 Å². The van der Waals surface area contributed by atoms with E-state index < -0.39 is 11.9 Å². The summed E-state index contributed by atoms with van der Waals surface area (Å²) in [5.74, 6) is -1.71. The van der Waals surface area contributed by atoms with Gasteiger partial charge in [-0.1, -0.05) is 30.3 Å². The second-order valence-electron chi connectivity index (χ2n) is 5.31. The van der Waals surface area contributed by atoms with Gasteiger partial charge in [-0.25, -0.2) is 0 Å². The van der Waals surface area contributed by atoms with Gasteiger partial charge in [0.05, 0.1) is 19.6 Å². The molecule has 0 saturated heterocycles. The van der Waals surface area contributed by atoms with Gasteiger partial charge in [-0.15, -0.1) is 0 Å². The highest BCUT2D eigenvalue weighted by molar-refractivity contribution is 5.99. The predicted molar refractivity (Wildman–Crippen MR) is 86.7 cm³/mol. The standard InChI is InChI=1S/C17H25NO5/c1-22-10-8-18(9-11-23-2)13-15(12-16(19)20)17(21)14-6-4-3-5-7-14/h3-7,15H,8-13H2,1-2H3,(H,19,20). The van der Waals surface area contributed by atoms with Crippen LogP contribution in [0.1, 0.15) is 16.8 Å². The molecule has 6 heteroatoms. The van der Waals surface area contributed by atoms with E-state index in [9.17, 15) is 9.59 Å². The van der Waals surface area contributed by atoms with E-state index in [0.29, 0.717) is 38.4 Å². The fourth-order valence-electron chi connectivity index (χ4n) is 2.34. The van der Waals surface area contributed by atoms with Crippen molar-refractivity contribution in [3.8, 4) is 0 Å². The minimum absolute atomic E-state index is 0.146. The van der Waals surface area contributed by atoms with Crippen molar-refractivity contribution in [2.24, 2.45) is 5.92 Å². The van der Waals surface area contributed by atoms with E-state index in [1.54, 1.807) is 38.5 Å². The van der Waals surface area contributed by atoms with E-state index in [0.717, 1.165) is 0 Å². The predicted octanol–water partition coefficient (Wildman–Crippen LogP) is 1.56. The van der Waals surface area contributed by atoms with Crippen LogP contribution in [0.3, 0.4) is 0 Å². The molecule has 0 aliphatic rings. The number of Topliss-reactive ketones (excluding diaryl/α,β-unsaturated/α-hetero) is 1. The number of carboxylic acids is 1. The van der Waals surface area contributed by atoms with Gasteiger partial charge in [-0.05, 0) is 0 Å². The van der Waals surface area contributed by atoms with Gasteiger partial charge >= 0.3 is 5.97 Å².